The van der Waals surface area contributed by atoms with Gasteiger partial charge >= 0.3 is 0 Å². The van der Waals surface area contributed by atoms with Gasteiger partial charge in [0.1, 0.15) is 0 Å². The molecule has 0 unspecified atom stereocenters. The summed E-state index contributed by atoms with van der Waals surface area (Å²) in [5.74, 6) is -0.663. The van der Waals surface area contributed by atoms with E-state index in [0.29, 0.717) is 16.3 Å². The number of halogens is 1. The predicted octanol–water partition coefficient (Wildman–Crippen LogP) is 2.10. The summed E-state index contributed by atoms with van der Waals surface area (Å²) in [5, 5.41) is 5.63. The minimum absolute atomic E-state index is 0.117. The van der Waals surface area contributed by atoms with E-state index in [4.69, 9.17) is 11.6 Å². The van der Waals surface area contributed by atoms with Crippen molar-refractivity contribution < 1.29 is 9.59 Å². The molecule has 0 spiro atoms. The Balaban J connectivity index is 1.86. The first-order valence-corrected chi connectivity index (χ1v) is 6.26. The molecule has 0 aliphatic heterocycles. The summed E-state index contributed by atoms with van der Waals surface area (Å²) in [5.41, 5.74) is 1.04. The second kappa shape index (κ2) is 6.68. The SMILES string of the molecule is O=C(CNC(=O)c1cccc(Cl)c1)Nc1ccncc1. The van der Waals surface area contributed by atoms with Gasteiger partial charge in [-0.3, -0.25) is 14.6 Å². The Bertz CT molecular complexity index is 617. The van der Waals surface area contributed by atoms with E-state index in [1.807, 2.05) is 0 Å². The van der Waals surface area contributed by atoms with Crippen LogP contribution in [0.15, 0.2) is 48.8 Å². The molecular formula is C14H12ClN3O2. The molecule has 0 saturated carbocycles. The van der Waals surface area contributed by atoms with E-state index < -0.39 is 0 Å². The molecule has 0 fully saturated rings. The standard InChI is InChI=1S/C14H12ClN3O2/c15-11-3-1-2-10(8-11)14(20)17-9-13(19)18-12-4-6-16-7-5-12/h1-8H,9H2,(H,17,20)(H,16,18,19). The fourth-order valence-corrected chi connectivity index (χ4v) is 1.72. The number of hydrogen-bond donors (Lipinski definition) is 2. The molecule has 5 nitrogen and oxygen atoms in total. The third kappa shape index (κ3) is 4.07. The highest BCUT2D eigenvalue weighted by atomic mass is 35.5. The summed E-state index contributed by atoms with van der Waals surface area (Å²) in [6, 6.07) is 9.84. The minimum Gasteiger partial charge on any atom is -0.343 e. The van der Waals surface area contributed by atoms with Crippen molar-refractivity contribution >= 4 is 29.1 Å². The number of hydrogen-bond acceptors (Lipinski definition) is 3. The third-order valence-corrected chi connectivity index (χ3v) is 2.70. The smallest absolute Gasteiger partial charge is 0.251 e. The molecule has 1 aromatic heterocycles. The van der Waals surface area contributed by atoms with Gasteiger partial charge in [0.2, 0.25) is 5.91 Å². The highest BCUT2D eigenvalue weighted by Gasteiger charge is 2.08. The molecule has 1 aromatic carbocycles. The van der Waals surface area contributed by atoms with Crippen molar-refractivity contribution in [2.75, 3.05) is 11.9 Å². The first kappa shape index (κ1) is 14.0. The van der Waals surface area contributed by atoms with E-state index in [-0.39, 0.29) is 18.4 Å². The van der Waals surface area contributed by atoms with Crippen molar-refractivity contribution in [2.24, 2.45) is 0 Å². The molecule has 0 aliphatic carbocycles. The van der Waals surface area contributed by atoms with Gasteiger partial charge in [-0.25, -0.2) is 0 Å². The number of carbonyl (C=O) groups is 2. The van der Waals surface area contributed by atoms with Gasteiger partial charge < -0.3 is 10.6 Å². The summed E-state index contributed by atoms with van der Waals surface area (Å²) in [7, 11) is 0. The molecule has 2 amide bonds. The third-order valence-electron chi connectivity index (χ3n) is 2.46. The van der Waals surface area contributed by atoms with Crippen molar-refractivity contribution in [3.8, 4) is 0 Å². The first-order chi connectivity index (χ1) is 9.65. The van der Waals surface area contributed by atoms with E-state index in [2.05, 4.69) is 15.6 Å². The first-order valence-electron chi connectivity index (χ1n) is 5.89. The molecule has 0 saturated heterocycles. The van der Waals surface area contributed by atoms with Crippen molar-refractivity contribution in [1.29, 1.82) is 0 Å². The maximum Gasteiger partial charge on any atom is 0.251 e. The Hall–Kier alpha value is -2.40. The maximum atomic E-state index is 11.8. The van der Waals surface area contributed by atoms with Crippen LogP contribution in [0.2, 0.25) is 5.02 Å². The molecule has 2 rings (SSSR count). The molecule has 20 heavy (non-hydrogen) atoms. The van der Waals surface area contributed by atoms with Gasteiger partial charge in [-0.1, -0.05) is 17.7 Å². The van der Waals surface area contributed by atoms with Gasteiger partial charge in [0.25, 0.3) is 5.91 Å². The summed E-state index contributed by atoms with van der Waals surface area (Å²) >= 11 is 5.79. The van der Waals surface area contributed by atoms with E-state index >= 15 is 0 Å². The molecule has 0 atom stereocenters. The molecular weight excluding hydrogens is 278 g/mol. The average molecular weight is 290 g/mol. The van der Waals surface area contributed by atoms with Crippen molar-refractivity contribution in [2.45, 2.75) is 0 Å². The van der Waals surface area contributed by atoms with Crippen LogP contribution in [-0.4, -0.2) is 23.3 Å². The number of benzene rings is 1. The predicted molar refractivity (Wildman–Crippen MR) is 76.7 cm³/mol. The summed E-state index contributed by atoms with van der Waals surface area (Å²) in [4.78, 5) is 27.3. The second-order valence-electron chi connectivity index (χ2n) is 3.98. The van der Waals surface area contributed by atoms with Gasteiger partial charge in [-0.05, 0) is 30.3 Å². The molecule has 0 radical (unpaired) electrons. The molecule has 6 heteroatoms. The minimum atomic E-state index is -0.350. The molecule has 0 bridgehead atoms. The van der Waals surface area contributed by atoms with Crippen LogP contribution in [0.25, 0.3) is 0 Å². The van der Waals surface area contributed by atoms with Crippen LogP contribution < -0.4 is 10.6 Å². The van der Waals surface area contributed by atoms with Gasteiger partial charge in [-0.2, -0.15) is 0 Å². The topological polar surface area (TPSA) is 71.1 Å². The molecule has 2 N–H and O–H groups in total. The molecule has 0 aliphatic rings. The Morgan fingerprint density at radius 2 is 1.90 bits per heavy atom. The lowest BCUT2D eigenvalue weighted by Crippen LogP contribution is -2.32. The quantitative estimate of drug-likeness (QED) is 0.905. The van der Waals surface area contributed by atoms with Crippen molar-refractivity contribution in [3.05, 3.63) is 59.4 Å². The largest absolute Gasteiger partial charge is 0.343 e. The van der Waals surface area contributed by atoms with E-state index in [1.165, 1.54) is 6.07 Å². The van der Waals surface area contributed by atoms with Crippen LogP contribution in [0.4, 0.5) is 5.69 Å². The van der Waals surface area contributed by atoms with Gasteiger partial charge in [0, 0.05) is 28.7 Å². The van der Waals surface area contributed by atoms with Crippen LogP contribution in [0.5, 0.6) is 0 Å². The van der Waals surface area contributed by atoms with Crippen LogP contribution in [0.1, 0.15) is 10.4 Å². The van der Waals surface area contributed by atoms with Crippen LogP contribution in [0.3, 0.4) is 0 Å². The molecule has 1 heterocycles. The van der Waals surface area contributed by atoms with Crippen molar-refractivity contribution in [1.82, 2.24) is 10.3 Å². The zero-order valence-corrected chi connectivity index (χ0v) is 11.2. The number of carbonyl (C=O) groups excluding carboxylic acids is 2. The zero-order chi connectivity index (χ0) is 14.4. The van der Waals surface area contributed by atoms with E-state index in [0.717, 1.165) is 0 Å². The number of amides is 2. The van der Waals surface area contributed by atoms with Gasteiger partial charge in [-0.15, -0.1) is 0 Å². The fraction of sp³-hybridized carbons (Fsp3) is 0.0714. The Kier molecular flexibility index (Phi) is 4.68. The number of nitrogens with zero attached hydrogens (tertiary/aromatic N) is 1. The number of rotatable bonds is 4. The fourth-order valence-electron chi connectivity index (χ4n) is 1.53. The normalized spacial score (nSPS) is 9.85. The Morgan fingerprint density at radius 3 is 2.60 bits per heavy atom. The van der Waals surface area contributed by atoms with Crippen LogP contribution >= 0.6 is 11.6 Å². The van der Waals surface area contributed by atoms with Crippen LogP contribution in [0, 0.1) is 0 Å². The maximum absolute atomic E-state index is 11.8. The summed E-state index contributed by atoms with van der Waals surface area (Å²) in [6.45, 7) is -0.117. The highest BCUT2D eigenvalue weighted by molar-refractivity contribution is 6.31. The monoisotopic (exact) mass is 289 g/mol. The van der Waals surface area contributed by atoms with Gasteiger partial charge in [0.15, 0.2) is 0 Å². The van der Waals surface area contributed by atoms with E-state index in [1.54, 1.807) is 42.7 Å². The Labute approximate surface area is 121 Å². The van der Waals surface area contributed by atoms with E-state index in [9.17, 15) is 9.59 Å². The lowest BCUT2D eigenvalue weighted by Gasteiger charge is -2.07. The average Bonchev–Trinajstić information content (AvgIpc) is 2.46. The number of nitrogens with one attached hydrogen (secondary N) is 2. The number of aromatic nitrogens is 1. The number of pyridine rings is 1. The molecule has 2 aromatic rings. The summed E-state index contributed by atoms with van der Waals surface area (Å²) in [6.07, 6.45) is 3.14. The van der Waals surface area contributed by atoms with Crippen molar-refractivity contribution in [3.63, 3.8) is 0 Å². The highest BCUT2D eigenvalue weighted by Crippen LogP contribution is 2.10. The summed E-state index contributed by atoms with van der Waals surface area (Å²) < 4.78 is 0. The van der Waals surface area contributed by atoms with Gasteiger partial charge in [0.05, 0.1) is 6.54 Å². The lowest BCUT2D eigenvalue weighted by atomic mass is 10.2. The number of anilines is 1. The van der Waals surface area contributed by atoms with Crippen LogP contribution in [-0.2, 0) is 4.79 Å². The zero-order valence-electron chi connectivity index (χ0n) is 10.5. The Morgan fingerprint density at radius 1 is 1.15 bits per heavy atom. The molecule has 102 valence electrons. The second-order valence-corrected chi connectivity index (χ2v) is 4.41. The lowest BCUT2D eigenvalue weighted by molar-refractivity contribution is -0.115.